The highest BCUT2D eigenvalue weighted by atomic mass is 16.5. The minimum Gasteiger partial charge on any atom is -0.493 e. The summed E-state index contributed by atoms with van der Waals surface area (Å²) >= 11 is 0. The van der Waals surface area contributed by atoms with Crippen molar-refractivity contribution in [3.8, 4) is 11.5 Å². The third-order valence-corrected chi connectivity index (χ3v) is 2.96. The summed E-state index contributed by atoms with van der Waals surface area (Å²) < 4.78 is 10.6. The summed E-state index contributed by atoms with van der Waals surface area (Å²) in [4.78, 5) is 8.99. The van der Waals surface area contributed by atoms with Crippen molar-refractivity contribution in [2.24, 2.45) is 9.98 Å². The molecule has 2 rings (SSSR count). The maximum Gasteiger partial charge on any atom is 0.227 e. The van der Waals surface area contributed by atoms with Crippen molar-refractivity contribution in [3.05, 3.63) is 48.5 Å². The van der Waals surface area contributed by atoms with E-state index < -0.39 is 0 Å². The highest BCUT2D eigenvalue weighted by molar-refractivity contribution is 6.03. The van der Waals surface area contributed by atoms with Crippen LogP contribution in [0.4, 0.5) is 11.4 Å². The average molecular weight is 311 g/mol. The van der Waals surface area contributed by atoms with Gasteiger partial charge in [-0.1, -0.05) is 18.2 Å². The standard InChI is InChI=1S/C18H21N3O2/c1-13(2)19-18(20-14-8-6-5-7-9-14)21-15-10-11-16(22-3)17(12-15)23-4/h5-12H,1-4H3,(H,20,21). The van der Waals surface area contributed by atoms with Crippen molar-refractivity contribution in [2.75, 3.05) is 19.5 Å². The van der Waals surface area contributed by atoms with E-state index in [4.69, 9.17) is 9.47 Å². The summed E-state index contributed by atoms with van der Waals surface area (Å²) in [7, 11) is 3.22. The van der Waals surface area contributed by atoms with E-state index in [1.165, 1.54) is 0 Å². The highest BCUT2D eigenvalue weighted by Gasteiger charge is 2.06. The Balaban J connectivity index is 2.32. The van der Waals surface area contributed by atoms with Gasteiger partial charge >= 0.3 is 0 Å². The fourth-order valence-corrected chi connectivity index (χ4v) is 1.96. The van der Waals surface area contributed by atoms with Crippen LogP contribution in [0.2, 0.25) is 0 Å². The first-order valence-corrected chi connectivity index (χ1v) is 7.27. The van der Waals surface area contributed by atoms with Gasteiger partial charge < -0.3 is 14.8 Å². The van der Waals surface area contributed by atoms with Gasteiger partial charge in [-0.3, -0.25) is 0 Å². The Bertz CT molecular complexity index is 705. The molecule has 5 nitrogen and oxygen atoms in total. The first-order chi connectivity index (χ1) is 11.1. The molecule has 0 fully saturated rings. The van der Waals surface area contributed by atoms with Gasteiger partial charge in [-0.05, 0) is 38.1 Å². The molecule has 2 aromatic rings. The molecule has 0 saturated carbocycles. The van der Waals surface area contributed by atoms with Crippen LogP contribution in [-0.4, -0.2) is 25.9 Å². The molecule has 0 aliphatic heterocycles. The Morgan fingerprint density at radius 3 is 2.22 bits per heavy atom. The highest BCUT2D eigenvalue weighted by Crippen LogP contribution is 2.29. The fraction of sp³-hybridized carbons (Fsp3) is 0.222. The van der Waals surface area contributed by atoms with E-state index in [1.807, 2.05) is 62.4 Å². The van der Waals surface area contributed by atoms with Gasteiger partial charge in [-0.25, -0.2) is 9.98 Å². The molecule has 0 heterocycles. The predicted octanol–water partition coefficient (Wildman–Crippen LogP) is 4.28. The van der Waals surface area contributed by atoms with Crippen LogP contribution in [0, 0.1) is 0 Å². The molecular formula is C18H21N3O2. The zero-order valence-electron chi connectivity index (χ0n) is 13.8. The lowest BCUT2D eigenvalue weighted by Gasteiger charge is -2.11. The molecule has 1 N–H and O–H groups in total. The van der Waals surface area contributed by atoms with Crippen LogP contribution in [0.3, 0.4) is 0 Å². The molecule has 0 saturated heterocycles. The van der Waals surface area contributed by atoms with Gasteiger partial charge in [0.15, 0.2) is 11.5 Å². The topological polar surface area (TPSA) is 55.2 Å². The largest absolute Gasteiger partial charge is 0.493 e. The SMILES string of the molecule is COc1ccc(N/C(N=C(C)C)=N/c2ccccc2)cc1OC. The second-order valence-corrected chi connectivity index (χ2v) is 5.02. The number of guanidine groups is 1. The smallest absolute Gasteiger partial charge is 0.227 e. The third-order valence-electron chi connectivity index (χ3n) is 2.96. The summed E-state index contributed by atoms with van der Waals surface area (Å²) in [6.45, 7) is 3.85. The molecule has 2 aromatic carbocycles. The first kappa shape index (κ1) is 16.5. The zero-order chi connectivity index (χ0) is 16.7. The van der Waals surface area contributed by atoms with Crippen LogP contribution >= 0.6 is 0 Å². The van der Waals surface area contributed by atoms with Crippen LogP contribution in [-0.2, 0) is 0 Å². The molecule has 0 atom stereocenters. The van der Waals surface area contributed by atoms with E-state index in [1.54, 1.807) is 14.2 Å². The molecule has 120 valence electrons. The summed E-state index contributed by atoms with van der Waals surface area (Å²) in [6.07, 6.45) is 0. The quantitative estimate of drug-likeness (QED) is 0.677. The van der Waals surface area contributed by atoms with Gasteiger partial charge in [0, 0.05) is 17.5 Å². The van der Waals surface area contributed by atoms with E-state index >= 15 is 0 Å². The maximum atomic E-state index is 5.32. The number of ether oxygens (including phenoxy) is 2. The molecule has 0 bridgehead atoms. The van der Waals surface area contributed by atoms with Crippen LogP contribution in [0.5, 0.6) is 11.5 Å². The molecule has 0 amide bonds. The summed E-state index contributed by atoms with van der Waals surface area (Å²) in [5, 5.41) is 3.21. The molecule has 0 aliphatic carbocycles. The van der Waals surface area contributed by atoms with Crippen molar-refractivity contribution in [2.45, 2.75) is 13.8 Å². The average Bonchev–Trinajstić information content (AvgIpc) is 2.55. The van der Waals surface area contributed by atoms with E-state index in [0.717, 1.165) is 17.1 Å². The normalized spacial score (nSPS) is 10.9. The minimum absolute atomic E-state index is 0.517. The summed E-state index contributed by atoms with van der Waals surface area (Å²) in [5.74, 6) is 1.84. The van der Waals surface area contributed by atoms with Crippen LogP contribution in [0.1, 0.15) is 13.8 Å². The molecule has 5 heteroatoms. The number of nitrogens with one attached hydrogen (secondary N) is 1. The number of benzene rings is 2. The number of hydrogen-bond acceptors (Lipinski definition) is 3. The first-order valence-electron chi connectivity index (χ1n) is 7.27. The molecular weight excluding hydrogens is 290 g/mol. The van der Waals surface area contributed by atoms with Gasteiger partial charge in [-0.15, -0.1) is 0 Å². The molecule has 0 aliphatic rings. The van der Waals surface area contributed by atoms with Gasteiger partial charge in [-0.2, -0.15) is 0 Å². The fourth-order valence-electron chi connectivity index (χ4n) is 1.96. The lowest BCUT2D eigenvalue weighted by molar-refractivity contribution is 0.355. The van der Waals surface area contributed by atoms with E-state index in [9.17, 15) is 0 Å². The lowest BCUT2D eigenvalue weighted by Crippen LogP contribution is -2.10. The van der Waals surface area contributed by atoms with Gasteiger partial charge in [0.2, 0.25) is 5.96 Å². The van der Waals surface area contributed by atoms with Crippen LogP contribution in [0.15, 0.2) is 58.5 Å². The Morgan fingerprint density at radius 1 is 0.913 bits per heavy atom. The molecule has 0 aromatic heterocycles. The van der Waals surface area contributed by atoms with E-state index in [0.29, 0.717) is 17.5 Å². The Hall–Kier alpha value is -2.82. The van der Waals surface area contributed by atoms with Gasteiger partial charge in [0.25, 0.3) is 0 Å². The van der Waals surface area contributed by atoms with E-state index in [-0.39, 0.29) is 0 Å². The van der Waals surface area contributed by atoms with Crippen LogP contribution in [0.25, 0.3) is 0 Å². The minimum atomic E-state index is 0.517. The molecule has 0 spiro atoms. The van der Waals surface area contributed by atoms with Crippen molar-refractivity contribution in [3.63, 3.8) is 0 Å². The number of rotatable bonds is 4. The zero-order valence-corrected chi connectivity index (χ0v) is 13.8. The van der Waals surface area contributed by atoms with Gasteiger partial charge in [0.05, 0.1) is 19.9 Å². The number of methoxy groups -OCH3 is 2. The molecule has 0 radical (unpaired) electrons. The second kappa shape index (κ2) is 7.98. The number of aliphatic imine (C=N–C) groups is 2. The predicted molar refractivity (Wildman–Crippen MR) is 95.5 cm³/mol. The maximum absolute atomic E-state index is 5.32. The molecule has 23 heavy (non-hydrogen) atoms. The van der Waals surface area contributed by atoms with Crippen molar-refractivity contribution in [1.29, 1.82) is 0 Å². The van der Waals surface area contributed by atoms with Crippen molar-refractivity contribution >= 4 is 23.0 Å². The molecule has 0 unspecified atom stereocenters. The van der Waals surface area contributed by atoms with Gasteiger partial charge in [0.1, 0.15) is 0 Å². The van der Waals surface area contributed by atoms with Crippen molar-refractivity contribution in [1.82, 2.24) is 0 Å². The number of para-hydroxylation sites is 1. The third kappa shape index (κ3) is 4.85. The summed E-state index contributed by atoms with van der Waals surface area (Å²) in [5.41, 5.74) is 2.57. The Morgan fingerprint density at radius 2 is 1.61 bits per heavy atom. The Labute approximate surface area is 136 Å². The number of hydrogen-bond donors (Lipinski definition) is 1. The lowest BCUT2D eigenvalue weighted by atomic mass is 10.2. The Kier molecular flexibility index (Phi) is 5.74. The monoisotopic (exact) mass is 311 g/mol. The van der Waals surface area contributed by atoms with E-state index in [2.05, 4.69) is 15.3 Å². The van der Waals surface area contributed by atoms with Crippen molar-refractivity contribution < 1.29 is 9.47 Å². The summed E-state index contributed by atoms with van der Waals surface area (Å²) in [6, 6.07) is 15.3. The second-order valence-electron chi connectivity index (χ2n) is 5.02. The van der Waals surface area contributed by atoms with Crippen LogP contribution < -0.4 is 14.8 Å². The number of nitrogens with zero attached hydrogens (tertiary/aromatic N) is 2. The number of anilines is 1.